The molecule has 1 aromatic heterocycles. The molecule has 0 aliphatic carbocycles. The van der Waals surface area contributed by atoms with E-state index in [0.29, 0.717) is 23.4 Å². The molecular formula is C15H22N2O3S2. The van der Waals surface area contributed by atoms with Crippen molar-refractivity contribution in [3.05, 3.63) is 15.6 Å². The van der Waals surface area contributed by atoms with Gasteiger partial charge in [-0.1, -0.05) is 20.8 Å². The molecule has 2 heterocycles. The van der Waals surface area contributed by atoms with Crippen molar-refractivity contribution in [2.24, 2.45) is 0 Å². The van der Waals surface area contributed by atoms with E-state index >= 15 is 0 Å². The van der Waals surface area contributed by atoms with Crippen molar-refractivity contribution in [1.82, 2.24) is 10.3 Å². The minimum atomic E-state index is -1.14. The van der Waals surface area contributed by atoms with Crippen molar-refractivity contribution in [2.45, 2.75) is 51.5 Å². The molecule has 0 bridgehead atoms. The number of aliphatic carboxylic acids is 1. The molecule has 2 N–H and O–H groups in total. The molecule has 22 heavy (non-hydrogen) atoms. The Morgan fingerprint density at radius 1 is 1.27 bits per heavy atom. The van der Waals surface area contributed by atoms with E-state index in [1.807, 2.05) is 20.8 Å². The van der Waals surface area contributed by atoms with E-state index in [0.717, 1.165) is 16.5 Å². The number of rotatable bonds is 3. The Morgan fingerprint density at radius 2 is 1.86 bits per heavy atom. The van der Waals surface area contributed by atoms with Gasteiger partial charge < -0.3 is 10.4 Å². The van der Waals surface area contributed by atoms with Gasteiger partial charge in [0.05, 0.1) is 10.7 Å². The summed E-state index contributed by atoms with van der Waals surface area (Å²) < 4.78 is 0. The first-order valence-corrected chi connectivity index (χ1v) is 9.24. The highest BCUT2D eigenvalue weighted by molar-refractivity contribution is 7.99. The molecule has 5 nitrogen and oxygen atoms in total. The third kappa shape index (κ3) is 3.46. The van der Waals surface area contributed by atoms with Crippen molar-refractivity contribution in [1.29, 1.82) is 0 Å². The summed E-state index contributed by atoms with van der Waals surface area (Å²) in [6.45, 7) is 7.93. The molecule has 1 aliphatic rings. The molecule has 1 aliphatic heterocycles. The number of hydrogen-bond donors (Lipinski definition) is 2. The van der Waals surface area contributed by atoms with Crippen LogP contribution in [0.2, 0.25) is 0 Å². The second kappa shape index (κ2) is 6.20. The molecule has 0 saturated carbocycles. The van der Waals surface area contributed by atoms with E-state index in [2.05, 4.69) is 10.3 Å². The first-order valence-electron chi connectivity index (χ1n) is 7.27. The molecule has 0 unspecified atom stereocenters. The molecular weight excluding hydrogens is 320 g/mol. The predicted octanol–water partition coefficient (Wildman–Crippen LogP) is 2.83. The van der Waals surface area contributed by atoms with Crippen molar-refractivity contribution >= 4 is 35.0 Å². The van der Waals surface area contributed by atoms with E-state index < -0.39 is 11.5 Å². The van der Waals surface area contributed by atoms with Crippen LogP contribution in [0, 0.1) is 6.92 Å². The van der Waals surface area contributed by atoms with E-state index in [4.69, 9.17) is 0 Å². The summed E-state index contributed by atoms with van der Waals surface area (Å²) in [6, 6.07) is 0. The van der Waals surface area contributed by atoms with Gasteiger partial charge in [-0.05, 0) is 31.3 Å². The maximum atomic E-state index is 12.6. The zero-order chi connectivity index (χ0) is 16.5. The lowest BCUT2D eigenvalue weighted by Crippen LogP contribution is -2.56. The van der Waals surface area contributed by atoms with Crippen LogP contribution < -0.4 is 5.32 Å². The third-order valence-electron chi connectivity index (χ3n) is 3.75. The van der Waals surface area contributed by atoms with Gasteiger partial charge in [0.1, 0.15) is 10.4 Å². The van der Waals surface area contributed by atoms with Crippen molar-refractivity contribution in [3.63, 3.8) is 0 Å². The SMILES string of the molecule is Cc1nc(C(C)(C)C)sc1C(=O)NC1(C(=O)O)CCSCC1. The van der Waals surface area contributed by atoms with Crippen LogP contribution in [0.25, 0.3) is 0 Å². The number of amides is 1. The Kier molecular flexibility index (Phi) is 4.87. The summed E-state index contributed by atoms with van der Waals surface area (Å²) in [4.78, 5) is 29.2. The fraction of sp³-hybridized carbons (Fsp3) is 0.667. The average molecular weight is 342 g/mol. The third-order valence-corrected chi connectivity index (χ3v) is 6.32. The number of nitrogens with zero attached hydrogens (tertiary/aromatic N) is 1. The number of aromatic nitrogens is 1. The van der Waals surface area contributed by atoms with E-state index in [-0.39, 0.29) is 11.3 Å². The maximum Gasteiger partial charge on any atom is 0.329 e. The number of carboxylic acids is 1. The van der Waals surface area contributed by atoms with Crippen LogP contribution in [0.3, 0.4) is 0 Å². The molecule has 7 heteroatoms. The van der Waals surface area contributed by atoms with Crippen LogP contribution in [0.15, 0.2) is 0 Å². The van der Waals surface area contributed by atoms with Gasteiger partial charge in [0.2, 0.25) is 0 Å². The molecule has 0 spiro atoms. The standard InChI is InChI=1S/C15H22N2O3S2/c1-9-10(22-12(16-9)14(2,3)4)11(18)17-15(13(19)20)5-7-21-8-6-15/h5-8H2,1-4H3,(H,17,18)(H,19,20). The normalized spacial score (nSPS) is 18.0. The van der Waals surface area contributed by atoms with Gasteiger partial charge in [-0.15, -0.1) is 11.3 Å². The smallest absolute Gasteiger partial charge is 0.329 e. The first-order chi connectivity index (χ1) is 10.2. The van der Waals surface area contributed by atoms with Crippen molar-refractivity contribution < 1.29 is 14.7 Å². The highest BCUT2D eigenvalue weighted by Gasteiger charge is 2.42. The lowest BCUT2D eigenvalue weighted by Gasteiger charge is -2.33. The number of carbonyl (C=O) groups is 2. The Hall–Kier alpha value is -1.08. The zero-order valence-corrected chi connectivity index (χ0v) is 15.0. The van der Waals surface area contributed by atoms with E-state index in [1.165, 1.54) is 11.3 Å². The Bertz CT molecular complexity index is 584. The van der Waals surface area contributed by atoms with Crippen LogP contribution in [-0.4, -0.2) is 39.0 Å². The largest absolute Gasteiger partial charge is 0.480 e. The van der Waals surface area contributed by atoms with Gasteiger partial charge >= 0.3 is 5.97 Å². The minimum Gasteiger partial charge on any atom is -0.480 e. The van der Waals surface area contributed by atoms with Crippen LogP contribution in [0.4, 0.5) is 0 Å². The highest BCUT2D eigenvalue weighted by Crippen LogP contribution is 2.31. The Labute approximate surface area is 138 Å². The van der Waals surface area contributed by atoms with Crippen LogP contribution in [0.5, 0.6) is 0 Å². The van der Waals surface area contributed by atoms with Gasteiger partial charge in [0, 0.05) is 5.41 Å². The topological polar surface area (TPSA) is 79.3 Å². The molecule has 0 aromatic carbocycles. The summed E-state index contributed by atoms with van der Waals surface area (Å²) in [5.74, 6) is 0.238. The molecule has 0 radical (unpaired) electrons. The second-order valence-electron chi connectivity index (χ2n) is 6.64. The van der Waals surface area contributed by atoms with Gasteiger partial charge in [0.15, 0.2) is 0 Å². The zero-order valence-electron chi connectivity index (χ0n) is 13.4. The summed E-state index contributed by atoms with van der Waals surface area (Å²) in [5, 5.41) is 13.2. The summed E-state index contributed by atoms with van der Waals surface area (Å²) in [5.41, 5.74) is -0.598. The molecule has 1 amide bonds. The van der Waals surface area contributed by atoms with Crippen molar-refractivity contribution in [3.8, 4) is 0 Å². The quantitative estimate of drug-likeness (QED) is 0.883. The fourth-order valence-electron chi connectivity index (χ4n) is 2.31. The summed E-state index contributed by atoms with van der Waals surface area (Å²) in [6.07, 6.45) is 0.922. The van der Waals surface area contributed by atoms with Gasteiger partial charge in [-0.25, -0.2) is 9.78 Å². The van der Waals surface area contributed by atoms with Crippen LogP contribution >= 0.6 is 23.1 Å². The van der Waals surface area contributed by atoms with Crippen LogP contribution in [0.1, 0.15) is 54.0 Å². The van der Waals surface area contributed by atoms with Gasteiger partial charge in [-0.2, -0.15) is 11.8 Å². The van der Waals surface area contributed by atoms with E-state index in [9.17, 15) is 14.7 Å². The molecule has 2 rings (SSSR count). The maximum absolute atomic E-state index is 12.6. The molecule has 0 atom stereocenters. The molecule has 1 saturated heterocycles. The average Bonchev–Trinajstić information content (AvgIpc) is 2.82. The lowest BCUT2D eigenvalue weighted by molar-refractivity contribution is -0.144. The molecule has 1 fully saturated rings. The highest BCUT2D eigenvalue weighted by atomic mass is 32.2. The Morgan fingerprint density at radius 3 is 2.32 bits per heavy atom. The molecule has 122 valence electrons. The second-order valence-corrected chi connectivity index (χ2v) is 8.86. The fourth-order valence-corrected chi connectivity index (χ4v) is 4.52. The van der Waals surface area contributed by atoms with Gasteiger partial charge in [-0.3, -0.25) is 4.79 Å². The summed E-state index contributed by atoms with van der Waals surface area (Å²) >= 11 is 3.08. The number of carbonyl (C=O) groups excluding carboxylic acids is 1. The number of carboxylic acid groups (broad SMARTS) is 1. The Balaban J connectivity index is 2.24. The number of nitrogens with one attached hydrogen (secondary N) is 1. The lowest BCUT2D eigenvalue weighted by atomic mass is 9.92. The van der Waals surface area contributed by atoms with Gasteiger partial charge in [0.25, 0.3) is 5.91 Å². The molecule has 1 aromatic rings. The van der Waals surface area contributed by atoms with E-state index in [1.54, 1.807) is 18.7 Å². The monoisotopic (exact) mass is 342 g/mol. The summed E-state index contributed by atoms with van der Waals surface area (Å²) in [7, 11) is 0. The van der Waals surface area contributed by atoms with Crippen molar-refractivity contribution in [2.75, 3.05) is 11.5 Å². The number of aryl methyl sites for hydroxylation is 1. The predicted molar refractivity (Wildman–Crippen MR) is 89.9 cm³/mol. The number of thioether (sulfide) groups is 1. The minimum absolute atomic E-state index is 0.125. The van der Waals surface area contributed by atoms with Crippen LogP contribution in [-0.2, 0) is 10.2 Å². The number of hydrogen-bond acceptors (Lipinski definition) is 5. The number of thiazole rings is 1. The first kappa shape index (κ1) is 17.3.